The molecule has 0 aliphatic carbocycles. The van der Waals surface area contributed by atoms with Crippen molar-refractivity contribution in [3.63, 3.8) is 0 Å². The van der Waals surface area contributed by atoms with E-state index in [0.717, 1.165) is 5.00 Å². The molecular weight excluding hydrogens is 222 g/mol. The molecule has 0 saturated heterocycles. The van der Waals surface area contributed by atoms with Crippen LogP contribution in [0.15, 0.2) is 35.8 Å². The summed E-state index contributed by atoms with van der Waals surface area (Å²) in [6.45, 7) is 0. The minimum absolute atomic E-state index is 0.223. The molecule has 0 saturated carbocycles. The number of aromatic nitrogens is 1. The number of thiophene rings is 1. The molecule has 1 N–H and O–H groups in total. The van der Waals surface area contributed by atoms with Gasteiger partial charge < -0.3 is 5.32 Å². The third-order valence-corrected chi connectivity index (χ3v) is 2.68. The molecule has 0 aliphatic rings. The second-order valence-corrected chi connectivity index (χ2v) is 3.92. The van der Waals surface area contributed by atoms with Crippen LogP contribution in [0.25, 0.3) is 0 Å². The Labute approximate surface area is 96.2 Å². The van der Waals surface area contributed by atoms with Crippen molar-refractivity contribution in [3.8, 4) is 6.07 Å². The number of hydrogen-bond acceptors (Lipinski definition) is 4. The number of anilines is 1. The van der Waals surface area contributed by atoms with Gasteiger partial charge in [-0.1, -0.05) is 0 Å². The van der Waals surface area contributed by atoms with Gasteiger partial charge >= 0.3 is 0 Å². The van der Waals surface area contributed by atoms with Gasteiger partial charge in [-0.25, -0.2) is 4.98 Å². The van der Waals surface area contributed by atoms with Crippen molar-refractivity contribution >= 4 is 22.2 Å². The van der Waals surface area contributed by atoms with Gasteiger partial charge in [0.05, 0.1) is 10.6 Å². The highest BCUT2D eigenvalue weighted by Gasteiger charge is 2.06. The first-order valence-electron chi connectivity index (χ1n) is 4.50. The Morgan fingerprint density at radius 2 is 2.31 bits per heavy atom. The fourth-order valence-electron chi connectivity index (χ4n) is 1.13. The Morgan fingerprint density at radius 1 is 1.44 bits per heavy atom. The molecule has 5 heteroatoms. The molecule has 1 amide bonds. The molecule has 0 bridgehead atoms. The maximum Gasteiger partial charge on any atom is 0.257 e. The summed E-state index contributed by atoms with van der Waals surface area (Å²) in [5.74, 6) is -0.223. The van der Waals surface area contributed by atoms with Crippen molar-refractivity contribution < 1.29 is 4.79 Å². The van der Waals surface area contributed by atoms with Gasteiger partial charge in [0.1, 0.15) is 11.8 Å². The molecule has 0 aromatic carbocycles. The van der Waals surface area contributed by atoms with Gasteiger partial charge in [0.25, 0.3) is 5.91 Å². The molecule has 2 rings (SSSR count). The molecule has 0 fully saturated rings. The number of nitrogens with one attached hydrogen (secondary N) is 1. The Hall–Kier alpha value is -2.19. The van der Waals surface area contributed by atoms with E-state index in [1.807, 2.05) is 23.6 Å². The molecule has 0 aliphatic heterocycles. The number of hydrogen-bond donors (Lipinski definition) is 1. The highest BCUT2D eigenvalue weighted by molar-refractivity contribution is 7.14. The van der Waals surface area contributed by atoms with Crippen molar-refractivity contribution in [2.24, 2.45) is 0 Å². The highest BCUT2D eigenvalue weighted by atomic mass is 32.1. The van der Waals surface area contributed by atoms with Crippen LogP contribution < -0.4 is 5.32 Å². The standard InChI is InChI=1S/C11H7N3OS/c12-6-9-4-3-8(7-13-9)11(15)14-10-2-1-5-16-10/h1-5,7H,(H,14,15). The van der Waals surface area contributed by atoms with Crippen LogP contribution in [0.2, 0.25) is 0 Å². The summed E-state index contributed by atoms with van der Waals surface area (Å²) in [6, 6.07) is 8.67. The Balaban J connectivity index is 2.12. The summed E-state index contributed by atoms with van der Waals surface area (Å²) in [7, 11) is 0. The van der Waals surface area contributed by atoms with Crippen LogP contribution >= 0.6 is 11.3 Å². The largest absolute Gasteiger partial charge is 0.314 e. The Kier molecular flexibility index (Phi) is 2.94. The van der Waals surface area contributed by atoms with Crippen LogP contribution in [0.4, 0.5) is 5.00 Å². The minimum atomic E-state index is -0.223. The lowest BCUT2D eigenvalue weighted by Crippen LogP contribution is -2.11. The van der Waals surface area contributed by atoms with Crippen LogP contribution in [0.1, 0.15) is 16.1 Å². The smallest absolute Gasteiger partial charge is 0.257 e. The molecule has 2 heterocycles. The number of pyridine rings is 1. The number of nitrogens with zero attached hydrogens (tertiary/aromatic N) is 2. The first kappa shape index (κ1) is 10.3. The van der Waals surface area contributed by atoms with E-state index in [4.69, 9.17) is 5.26 Å². The number of nitriles is 1. The summed E-state index contributed by atoms with van der Waals surface area (Å²) in [4.78, 5) is 15.5. The maximum absolute atomic E-state index is 11.7. The van der Waals surface area contributed by atoms with Crippen molar-refractivity contribution in [2.45, 2.75) is 0 Å². The lowest BCUT2D eigenvalue weighted by molar-refractivity contribution is 0.102. The van der Waals surface area contributed by atoms with E-state index in [0.29, 0.717) is 11.3 Å². The third kappa shape index (κ3) is 2.24. The van der Waals surface area contributed by atoms with Crippen molar-refractivity contribution in [1.82, 2.24) is 4.98 Å². The van der Waals surface area contributed by atoms with Gasteiger partial charge in [0.15, 0.2) is 0 Å². The lowest BCUT2D eigenvalue weighted by Gasteiger charge is -2.01. The van der Waals surface area contributed by atoms with E-state index in [1.54, 1.807) is 6.07 Å². The van der Waals surface area contributed by atoms with Gasteiger partial charge in [-0.15, -0.1) is 11.3 Å². The molecule has 2 aromatic rings. The monoisotopic (exact) mass is 229 g/mol. The Bertz CT molecular complexity index is 525. The van der Waals surface area contributed by atoms with E-state index in [-0.39, 0.29) is 5.91 Å². The van der Waals surface area contributed by atoms with Crippen LogP contribution in [0.5, 0.6) is 0 Å². The van der Waals surface area contributed by atoms with Gasteiger partial charge in [-0.05, 0) is 29.6 Å². The number of amides is 1. The molecule has 0 unspecified atom stereocenters. The van der Waals surface area contributed by atoms with Crippen LogP contribution in [-0.2, 0) is 0 Å². The van der Waals surface area contributed by atoms with E-state index in [1.165, 1.54) is 23.6 Å². The van der Waals surface area contributed by atoms with E-state index in [9.17, 15) is 4.79 Å². The second-order valence-electron chi connectivity index (χ2n) is 2.98. The average Bonchev–Trinajstić information content (AvgIpc) is 2.82. The summed E-state index contributed by atoms with van der Waals surface area (Å²) in [5.41, 5.74) is 0.736. The lowest BCUT2D eigenvalue weighted by atomic mass is 10.2. The highest BCUT2D eigenvalue weighted by Crippen LogP contribution is 2.16. The SMILES string of the molecule is N#Cc1ccc(C(=O)Nc2cccs2)cn1. The van der Waals surface area contributed by atoms with Crippen molar-refractivity contribution in [3.05, 3.63) is 47.1 Å². The fourth-order valence-corrected chi connectivity index (χ4v) is 1.74. The van der Waals surface area contributed by atoms with Gasteiger partial charge in [0.2, 0.25) is 0 Å². The summed E-state index contributed by atoms with van der Waals surface area (Å²) in [6.07, 6.45) is 1.39. The van der Waals surface area contributed by atoms with Gasteiger partial charge in [0, 0.05) is 6.20 Å². The topological polar surface area (TPSA) is 65.8 Å². The zero-order valence-electron chi connectivity index (χ0n) is 8.18. The zero-order chi connectivity index (χ0) is 11.4. The van der Waals surface area contributed by atoms with E-state index >= 15 is 0 Å². The summed E-state index contributed by atoms with van der Waals surface area (Å²) >= 11 is 1.45. The van der Waals surface area contributed by atoms with E-state index < -0.39 is 0 Å². The molecule has 78 valence electrons. The van der Waals surface area contributed by atoms with Crippen LogP contribution in [-0.4, -0.2) is 10.9 Å². The fraction of sp³-hybridized carbons (Fsp3) is 0. The summed E-state index contributed by atoms with van der Waals surface area (Å²) in [5, 5.41) is 14.0. The number of carbonyl (C=O) groups excluding carboxylic acids is 1. The predicted octanol–water partition coefficient (Wildman–Crippen LogP) is 2.27. The summed E-state index contributed by atoms with van der Waals surface area (Å²) < 4.78 is 0. The van der Waals surface area contributed by atoms with E-state index in [2.05, 4.69) is 10.3 Å². The third-order valence-electron chi connectivity index (χ3n) is 1.90. The molecule has 2 aromatic heterocycles. The van der Waals surface area contributed by atoms with Crippen molar-refractivity contribution in [2.75, 3.05) is 5.32 Å². The van der Waals surface area contributed by atoms with Gasteiger partial charge in [-0.2, -0.15) is 5.26 Å². The molecular formula is C11H7N3OS. The minimum Gasteiger partial charge on any atom is -0.314 e. The maximum atomic E-state index is 11.7. The first-order valence-corrected chi connectivity index (χ1v) is 5.38. The predicted molar refractivity (Wildman–Crippen MR) is 61.2 cm³/mol. The first-order chi connectivity index (χ1) is 7.79. The Morgan fingerprint density at radius 3 is 2.88 bits per heavy atom. The quantitative estimate of drug-likeness (QED) is 0.859. The molecule has 4 nitrogen and oxygen atoms in total. The van der Waals surface area contributed by atoms with Gasteiger partial charge in [-0.3, -0.25) is 4.79 Å². The van der Waals surface area contributed by atoms with Crippen LogP contribution in [0, 0.1) is 11.3 Å². The van der Waals surface area contributed by atoms with Crippen molar-refractivity contribution in [1.29, 1.82) is 5.26 Å². The molecule has 0 radical (unpaired) electrons. The molecule has 0 atom stereocenters. The average molecular weight is 229 g/mol. The second kappa shape index (κ2) is 4.55. The zero-order valence-corrected chi connectivity index (χ0v) is 8.99. The molecule has 16 heavy (non-hydrogen) atoms. The number of carbonyl (C=O) groups is 1. The van der Waals surface area contributed by atoms with Crippen LogP contribution in [0.3, 0.4) is 0 Å². The molecule has 0 spiro atoms. The normalized spacial score (nSPS) is 9.44. The number of rotatable bonds is 2.